The number of primary sulfonamides is 1. The number of nitrogens with one attached hydrogen (secondary N) is 1. The molecule has 0 fully saturated rings. The van der Waals surface area contributed by atoms with Crippen molar-refractivity contribution in [3.05, 3.63) is 40.9 Å². The van der Waals surface area contributed by atoms with Crippen LogP contribution >= 0.6 is 11.6 Å². The van der Waals surface area contributed by atoms with Crippen LogP contribution in [0, 0.1) is 6.92 Å². The Labute approximate surface area is 147 Å². The number of phenolic OH excluding ortho intramolecular Hbond substituents is 1. The van der Waals surface area contributed by atoms with Crippen molar-refractivity contribution in [1.29, 1.82) is 0 Å². The fourth-order valence-corrected chi connectivity index (χ4v) is 3.17. The Kier molecular flexibility index (Phi) is 4.15. The number of hydrogen-bond donors (Lipinski definition) is 4. The zero-order valence-corrected chi connectivity index (χ0v) is 14.4. The number of benzene rings is 2. The van der Waals surface area contributed by atoms with Crippen molar-refractivity contribution in [1.82, 2.24) is 4.98 Å². The van der Waals surface area contributed by atoms with Crippen LogP contribution in [0.5, 0.6) is 11.6 Å². The number of aromatic nitrogens is 1. The summed E-state index contributed by atoms with van der Waals surface area (Å²) in [7, 11) is -3.79. The molecular formula is C15H13ClN4O4S. The number of hydrogen-bond acceptors (Lipinski definition) is 6. The van der Waals surface area contributed by atoms with Crippen LogP contribution in [0.25, 0.3) is 10.9 Å². The first kappa shape index (κ1) is 17.2. The van der Waals surface area contributed by atoms with E-state index in [0.717, 1.165) is 0 Å². The molecule has 0 aliphatic rings. The number of fused-ring (bicyclic) bond motifs is 1. The maximum absolute atomic E-state index is 11.2. The van der Waals surface area contributed by atoms with Crippen LogP contribution in [0.4, 0.5) is 11.4 Å². The number of azo groups is 1. The van der Waals surface area contributed by atoms with Crippen molar-refractivity contribution in [2.45, 2.75) is 11.8 Å². The van der Waals surface area contributed by atoms with Crippen LogP contribution in [0.1, 0.15) is 5.56 Å². The third kappa shape index (κ3) is 3.16. The minimum atomic E-state index is -3.79. The lowest BCUT2D eigenvalue weighted by Gasteiger charge is -2.03. The summed E-state index contributed by atoms with van der Waals surface area (Å²) >= 11 is 6.14. The van der Waals surface area contributed by atoms with Gasteiger partial charge in [-0.3, -0.25) is 0 Å². The number of phenols is 1. The van der Waals surface area contributed by atoms with Crippen LogP contribution in [0.15, 0.2) is 45.5 Å². The van der Waals surface area contributed by atoms with E-state index in [1.807, 2.05) is 0 Å². The number of rotatable bonds is 3. The molecule has 8 nitrogen and oxygen atoms in total. The van der Waals surface area contributed by atoms with E-state index in [4.69, 9.17) is 16.7 Å². The van der Waals surface area contributed by atoms with Crippen molar-refractivity contribution in [2.24, 2.45) is 15.4 Å². The van der Waals surface area contributed by atoms with Crippen LogP contribution in [-0.2, 0) is 10.0 Å². The zero-order valence-electron chi connectivity index (χ0n) is 12.9. The summed E-state index contributed by atoms with van der Waals surface area (Å²) in [5.74, 6) is -0.367. The van der Waals surface area contributed by atoms with Crippen LogP contribution < -0.4 is 5.14 Å². The van der Waals surface area contributed by atoms with Gasteiger partial charge in [-0.15, -0.1) is 5.11 Å². The Hall–Kier alpha value is -2.62. The number of sulfonamides is 1. The summed E-state index contributed by atoms with van der Waals surface area (Å²) in [6.07, 6.45) is 0. The smallest absolute Gasteiger partial charge is 0.238 e. The van der Waals surface area contributed by atoms with Gasteiger partial charge in [0.15, 0.2) is 5.69 Å². The van der Waals surface area contributed by atoms with Gasteiger partial charge >= 0.3 is 0 Å². The average Bonchev–Trinajstić information content (AvgIpc) is 2.85. The highest BCUT2D eigenvalue weighted by Crippen LogP contribution is 2.44. The fourth-order valence-electron chi connectivity index (χ4n) is 2.31. The van der Waals surface area contributed by atoms with E-state index in [2.05, 4.69) is 15.2 Å². The normalized spacial score (nSPS) is 12.3. The quantitative estimate of drug-likeness (QED) is 0.515. The highest BCUT2D eigenvalue weighted by molar-refractivity contribution is 7.89. The molecule has 0 unspecified atom stereocenters. The van der Waals surface area contributed by atoms with E-state index in [9.17, 15) is 18.6 Å². The lowest BCUT2D eigenvalue weighted by atomic mass is 10.1. The lowest BCUT2D eigenvalue weighted by Crippen LogP contribution is -2.11. The van der Waals surface area contributed by atoms with Gasteiger partial charge in [0.1, 0.15) is 5.75 Å². The van der Waals surface area contributed by atoms with Gasteiger partial charge in [-0.05, 0) is 42.8 Å². The number of aromatic hydroxyl groups is 2. The molecule has 25 heavy (non-hydrogen) atoms. The standard InChI is InChI=1S/C15H13ClN4O4S/c1-7-6-10-11(12(16)14(7)21)13(15(22)18-10)20-19-8-2-4-9(5-3-8)25(17,23)24/h2-6,18,21-22H,1H3,(H2,17,23,24). The summed E-state index contributed by atoms with van der Waals surface area (Å²) in [5, 5.41) is 33.3. The third-order valence-corrected chi connectivity index (χ3v) is 4.87. The second-order valence-electron chi connectivity index (χ2n) is 5.34. The van der Waals surface area contributed by atoms with Gasteiger partial charge in [0.2, 0.25) is 15.9 Å². The van der Waals surface area contributed by atoms with Crippen molar-refractivity contribution in [3.8, 4) is 11.6 Å². The van der Waals surface area contributed by atoms with Crippen molar-refractivity contribution in [3.63, 3.8) is 0 Å². The van der Waals surface area contributed by atoms with E-state index >= 15 is 0 Å². The van der Waals surface area contributed by atoms with Gasteiger partial charge in [-0.2, -0.15) is 5.11 Å². The number of H-pyrrole nitrogens is 1. The van der Waals surface area contributed by atoms with Crippen LogP contribution in [-0.4, -0.2) is 23.6 Å². The van der Waals surface area contributed by atoms with Gasteiger partial charge in [-0.1, -0.05) is 11.6 Å². The molecule has 0 aliphatic heterocycles. The molecule has 130 valence electrons. The molecule has 1 heterocycles. The monoisotopic (exact) mass is 380 g/mol. The minimum Gasteiger partial charge on any atom is -0.506 e. The van der Waals surface area contributed by atoms with Crippen LogP contribution in [0.2, 0.25) is 5.02 Å². The number of nitrogens with zero attached hydrogens (tertiary/aromatic N) is 2. The van der Waals surface area contributed by atoms with Gasteiger partial charge in [0.05, 0.1) is 26.5 Å². The molecule has 10 heteroatoms. The minimum absolute atomic E-state index is 0.0464. The molecule has 0 amide bonds. The molecule has 3 aromatic rings. The Morgan fingerprint density at radius 2 is 1.80 bits per heavy atom. The molecule has 2 aromatic carbocycles. The van der Waals surface area contributed by atoms with Gasteiger partial charge in [0.25, 0.3) is 0 Å². The Morgan fingerprint density at radius 1 is 1.16 bits per heavy atom. The molecule has 5 N–H and O–H groups in total. The largest absolute Gasteiger partial charge is 0.506 e. The highest BCUT2D eigenvalue weighted by Gasteiger charge is 2.18. The van der Waals surface area contributed by atoms with E-state index in [1.165, 1.54) is 24.3 Å². The molecule has 3 rings (SSSR count). The first-order valence-corrected chi connectivity index (χ1v) is 8.88. The molecule has 0 saturated carbocycles. The molecule has 0 aliphatic carbocycles. The Balaban J connectivity index is 2.05. The number of aromatic amines is 1. The Morgan fingerprint density at radius 3 is 2.40 bits per heavy atom. The van der Waals surface area contributed by atoms with Crippen molar-refractivity contribution in [2.75, 3.05) is 0 Å². The fraction of sp³-hybridized carbons (Fsp3) is 0.0667. The molecule has 0 atom stereocenters. The maximum Gasteiger partial charge on any atom is 0.238 e. The predicted molar refractivity (Wildman–Crippen MR) is 93.4 cm³/mol. The Bertz CT molecular complexity index is 1110. The van der Waals surface area contributed by atoms with E-state index < -0.39 is 10.0 Å². The second-order valence-corrected chi connectivity index (χ2v) is 7.28. The first-order valence-electron chi connectivity index (χ1n) is 6.96. The zero-order chi connectivity index (χ0) is 18.4. The number of aryl methyl sites for hydroxylation is 1. The molecule has 0 radical (unpaired) electrons. The summed E-state index contributed by atoms with van der Waals surface area (Å²) < 4.78 is 22.4. The lowest BCUT2D eigenvalue weighted by molar-refractivity contribution is 0.459. The summed E-state index contributed by atoms with van der Waals surface area (Å²) in [6, 6.07) is 7.04. The van der Waals surface area contributed by atoms with Crippen molar-refractivity contribution < 1.29 is 18.6 Å². The molecule has 0 spiro atoms. The summed E-state index contributed by atoms with van der Waals surface area (Å²) in [6.45, 7) is 1.67. The third-order valence-electron chi connectivity index (χ3n) is 3.58. The molecular weight excluding hydrogens is 368 g/mol. The SMILES string of the molecule is Cc1cc2[nH]c(O)c(N=Nc3ccc(S(N)(=O)=O)cc3)c2c(Cl)c1O. The molecule has 0 bridgehead atoms. The van der Waals surface area contributed by atoms with E-state index in [-0.39, 0.29) is 27.2 Å². The number of nitrogens with two attached hydrogens (primary N) is 1. The van der Waals surface area contributed by atoms with E-state index in [1.54, 1.807) is 13.0 Å². The van der Waals surface area contributed by atoms with Gasteiger partial charge < -0.3 is 15.2 Å². The topological polar surface area (TPSA) is 141 Å². The average molecular weight is 381 g/mol. The second kappa shape index (κ2) is 6.03. The predicted octanol–water partition coefficient (Wildman–Crippen LogP) is 3.60. The van der Waals surface area contributed by atoms with Crippen LogP contribution in [0.3, 0.4) is 0 Å². The maximum atomic E-state index is 11.2. The molecule has 1 aromatic heterocycles. The first-order chi connectivity index (χ1) is 11.7. The molecule has 0 saturated heterocycles. The van der Waals surface area contributed by atoms with Gasteiger partial charge in [-0.25, -0.2) is 13.6 Å². The summed E-state index contributed by atoms with van der Waals surface area (Å²) in [5.41, 5.74) is 1.44. The van der Waals surface area contributed by atoms with Gasteiger partial charge in [0, 0.05) is 0 Å². The number of halogens is 1. The summed E-state index contributed by atoms with van der Waals surface area (Å²) in [4.78, 5) is 2.66. The van der Waals surface area contributed by atoms with Crippen molar-refractivity contribution >= 4 is 43.9 Å². The highest BCUT2D eigenvalue weighted by atomic mass is 35.5. The van der Waals surface area contributed by atoms with E-state index in [0.29, 0.717) is 22.2 Å².